The number of carboxylic acid groups (broad SMARTS) is 1. The number of halogens is 1. The van der Waals surface area contributed by atoms with Crippen molar-refractivity contribution >= 4 is 18.4 Å². The zero-order valence-corrected chi connectivity index (χ0v) is 9.05. The summed E-state index contributed by atoms with van der Waals surface area (Å²) < 4.78 is 0. The van der Waals surface area contributed by atoms with Gasteiger partial charge in [0.15, 0.2) is 0 Å². The number of carboxylic acids is 1. The number of nitrogens with two attached hydrogens (primary N) is 1. The molecule has 0 aromatic heterocycles. The van der Waals surface area contributed by atoms with Gasteiger partial charge in [-0.2, -0.15) is 0 Å². The molecule has 3 N–H and O–H groups in total. The Labute approximate surface area is 90.5 Å². The maximum atomic E-state index is 10.7. The first-order chi connectivity index (χ1) is 6.18. The highest BCUT2D eigenvalue weighted by molar-refractivity contribution is 5.85. The van der Waals surface area contributed by atoms with Crippen LogP contribution in [0.15, 0.2) is 0 Å². The Morgan fingerprint density at radius 1 is 1.50 bits per heavy atom. The van der Waals surface area contributed by atoms with Gasteiger partial charge >= 0.3 is 5.97 Å². The van der Waals surface area contributed by atoms with E-state index in [-0.39, 0.29) is 24.2 Å². The van der Waals surface area contributed by atoms with Gasteiger partial charge in [-0.15, -0.1) is 12.4 Å². The first-order valence-electron chi connectivity index (χ1n) is 5.10. The lowest BCUT2D eigenvalue weighted by atomic mass is 9.53. The van der Waals surface area contributed by atoms with Crippen LogP contribution in [0, 0.1) is 17.3 Å². The molecule has 82 valence electrons. The standard InChI is InChI=1S/C10H17NO2.ClH/c11-6-10(5-9(12)13)4-7-2-1-3-8(7)10;/h7-8H,1-6,11H2,(H,12,13);1H/t7-,8-,10-;/m1./s1. The van der Waals surface area contributed by atoms with Crippen molar-refractivity contribution in [2.45, 2.75) is 32.1 Å². The molecule has 0 saturated heterocycles. The number of carbonyl (C=O) groups is 1. The summed E-state index contributed by atoms with van der Waals surface area (Å²) in [7, 11) is 0. The van der Waals surface area contributed by atoms with Gasteiger partial charge < -0.3 is 10.8 Å². The molecular weight excluding hydrogens is 202 g/mol. The number of aliphatic carboxylic acids is 1. The molecular formula is C10H18ClNO2. The summed E-state index contributed by atoms with van der Waals surface area (Å²) in [5.41, 5.74) is 5.68. The summed E-state index contributed by atoms with van der Waals surface area (Å²) in [5, 5.41) is 8.81. The molecule has 0 amide bonds. The fourth-order valence-electron chi connectivity index (χ4n) is 3.41. The molecule has 0 heterocycles. The van der Waals surface area contributed by atoms with Gasteiger partial charge in [0.05, 0.1) is 6.42 Å². The summed E-state index contributed by atoms with van der Waals surface area (Å²) in [6, 6.07) is 0. The Hall–Kier alpha value is -0.280. The Balaban J connectivity index is 0.000000980. The van der Waals surface area contributed by atoms with Crippen LogP contribution >= 0.6 is 12.4 Å². The van der Waals surface area contributed by atoms with Crippen LogP contribution in [0.2, 0.25) is 0 Å². The largest absolute Gasteiger partial charge is 0.481 e. The molecule has 2 aliphatic carbocycles. The van der Waals surface area contributed by atoms with Crippen LogP contribution in [0.5, 0.6) is 0 Å². The van der Waals surface area contributed by atoms with E-state index in [1.54, 1.807) is 0 Å². The van der Waals surface area contributed by atoms with Crippen molar-refractivity contribution in [3.8, 4) is 0 Å². The van der Waals surface area contributed by atoms with Crippen molar-refractivity contribution in [1.29, 1.82) is 0 Å². The average molecular weight is 220 g/mol. The minimum atomic E-state index is -0.684. The van der Waals surface area contributed by atoms with E-state index in [1.807, 2.05) is 0 Å². The fourth-order valence-corrected chi connectivity index (χ4v) is 3.41. The van der Waals surface area contributed by atoms with Crippen molar-refractivity contribution in [3.05, 3.63) is 0 Å². The van der Waals surface area contributed by atoms with Gasteiger partial charge in [0, 0.05) is 0 Å². The molecule has 0 radical (unpaired) electrons. The van der Waals surface area contributed by atoms with Crippen LogP contribution in [0.3, 0.4) is 0 Å². The van der Waals surface area contributed by atoms with Gasteiger partial charge in [0.1, 0.15) is 0 Å². The van der Waals surface area contributed by atoms with E-state index >= 15 is 0 Å². The lowest BCUT2D eigenvalue weighted by Crippen LogP contribution is -2.51. The summed E-state index contributed by atoms with van der Waals surface area (Å²) in [6.45, 7) is 0.556. The molecule has 4 heteroatoms. The van der Waals surface area contributed by atoms with Crippen molar-refractivity contribution in [3.63, 3.8) is 0 Å². The maximum Gasteiger partial charge on any atom is 0.303 e. The molecule has 3 atom stereocenters. The predicted octanol–water partition coefficient (Wildman–Crippen LogP) is 1.65. The molecule has 2 aliphatic rings. The lowest BCUT2D eigenvalue weighted by molar-refractivity contribution is -0.145. The molecule has 0 aliphatic heterocycles. The van der Waals surface area contributed by atoms with Crippen LogP contribution in [-0.4, -0.2) is 17.6 Å². The molecule has 0 aromatic rings. The zero-order valence-electron chi connectivity index (χ0n) is 8.24. The van der Waals surface area contributed by atoms with Crippen LogP contribution in [0.25, 0.3) is 0 Å². The van der Waals surface area contributed by atoms with Crippen molar-refractivity contribution in [2.24, 2.45) is 23.0 Å². The van der Waals surface area contributed by atoms with Crippen LogP contribution in [-0.2, 0) is 4.79 Å². The number of hydrogen-bond donors (Lipinski definition) is 2. The zero-order chi connectivity index (χ0) is 9.47. The predicted molar refractivity (Wildman–Crippen MR) is 56.4 cm³/mol. The normalized spacial score (nSPS) is 39.5. The molecule has 0 aromatic carbocycles. The molecule has 2 saturated carbocycles. The number of rotatable bonds is 3. The van der Waals surface area contributed by atoms with Crippen LogP contribution < -0.4 is 5.73 Å². The SMILES string of the molecule is Cl.NC[C@]1(CC(=O)O)C[C@H]2CCC[C@H]21. The first kappa shape index (κ1) is 11.8. The second kappa shape index (κ2) is 4.07. The lowest BCUT2D eigenvalue weighted by Gasteiger charge is -2.51. The second-order valence-corrected chi connectivity index (χ2v) is 4.64. The third-order valence-electron chi connectivity index (χ3n) is 4.02. The van der Waals surface area contributed by atoms with E-state index in [4.69, 9.17) is 10.8 Å². The number of fused-ring (bicyclic) bond motifs is 1. The summed E-state index contributed by atoms with van der Waals surface area (Å²) in [4.78, 5) is 10.7. The van der Waals surface area contributed by atoms with E-state index in [0.717, 1.165) is 12.3 Å². The van der Waals surface area contributed by atoms with Crippen molar-refractivity contribution in [1.82, 2.24) is 0 Å². The molecule has 0 spiro atoms. The maximum absolute atomic E-state index is 10.7. The molecule has 2 fully saturated rings. The molecule has 14 heavy (non-hydrogen) atoms. The van der Waals surface area contributed by atoms with Gasteiger partial charge in [-0.05, 0) is 36.6 Å². The van der Waals surface area contributed by atoms with E-state index in [1.165, 1.54) is 19.3 Å². The highest BCUT2D eigenvalue weighted by Gasteiger charge is 2.55. The smallest absolute Gasteiger partial charge is 0.303 e. The van der Waals surface area contributed by atoms with Gasteiger partial charge in [0.25, 0.3) is 0 Å². The first-order valence-corrected chi connectivity index (χ1v) is 5.10. The monoisotopic (exact) mass is 219 g/mol. The average Bonchev–Trinajstić information content (AvgIpc) is 2.43. The van der Waals surface area contributed by atoms with Gasteiger partial charge in [-0.25, -0.2) is 0 Å². The van der Waals surface area contributed by atoms with Gasteiger partial charge in [-0.3, -0.25) is 4.79 Å². The van der Waals surface area contributed by atoms with Gasteiger partial charge in [-0.1, -0.05) is 12.8 Å². The molecule has 0 bridgehead atoms. The Morgan fingerprint density at radius 2 is 2.21 bits per heavy atom. The topological polar surface area (TPSA) is 63.3 Å². The van der Waals surface area contributed by atoms with E-state index in [9.17, 15) is 4.79 Å². The molecule has 0 unspecified atom stereocenters. The molecule has 2 rings (SSSR count). The van der Waals surface area contributed by atoms with Crippen molar-refractivity contribution < 1.29 is 9.90 Å². The summed E-state index contributed by atoms with van der Waals surface area (Å²) in [5.74, 6) is 0.729. The Morgan fingerprint density at radius 3 is 2.71 bits per heavy atom. The summed E-state index contributed by atoms with van der Waals surface area (Å²) >= 11 is 0. The highest BCUT2D eigenvalue weighted by atomic mass is 35.5. The van der Waals surface area contributed by atoms with E-state index in [0.29, 0.717) is 12.5 Å². The minimum absolute atomic E-state index is 0. The fraction of sp³-hybridized carbons (Fsp3) is 0.900. The third kappa shape index (κ3) is 1.63. The Kier molecular flexibility index (Phi) is 3.43. The Bertz CT molecular complexity index is 234. The molecule has 3 nitrogen and oxygen atoms in total. The van der Waals surface area contributed by atoms with E-state index < -0.39 is 5.97 Å². The van der Waals surface area contributed by atoms with Crippen LogP contribution in [0.4, 0.5) is 0 Å². The number of hydrogen-bond acceptors (Lipinski definition) is 2. The second-order valence-electron chi connectivity index (χ2n) is 4.64. The van der Waals surface area contributed by atoms with Gasteiger partial charge in [0.2, 0.25) is 0 Å². The van der Waals surface area contributed by atoms with Crippen LogP contribution in [0.1, 0.15) is 32.1 Å². The quantitative estimate of drug-likeness (QED) is 0.759. The third-order valence-corrected chi connectivity index (χ3v) is 4.02. The minimum Gasteiger partial charge on any atom is -0.481 e. The van der Waals surface area contributed by atoms with E-state index in [2.05, 4.69) is 0 Å². The summed E-state index contributed by atoms with van der Waals surface area (Å²) in [6.07, 6.45) is 5.11. The van der Waals surface area contributed by atoms with Crippen molar-refractivity contribution in [2.75, 3.05) is 6.54 Å². The highest BCUT2D eigenvalue weighted by Crippen LogP contribution is 2.60.